The lowest BCUT2D eigenvalue weighted by atomic mass is 9.97. The molecule has 0 spiro atoms. The van der Waals surface area contributed by atoms with Crippen molar-refractivity contribution < 1.29 is 19.4 Å². The van der Waals surface area contributed by atoms with E-state index >= 15 is 0 Å². The van der Waals surface area contributed by atoms with Gasteiger partial charge in [-0.2, -0.15) is 0 Å². The van der Waals surface area contributed by atoms with Crippen molar-refractivity contribution in [1.29, 1.82) is 0 Å². The van der Waals surface area contributed by atoms with Gasteiger partial charge in [-0.25, -0.2) is 4.98 Å². The van der Waals surface area contributed by atoms with E-state index in [2.05, 4.69) is 4.98 Å². The zero-order valence-corrected chi connectivity index (χ0v) is 16.4. The van der Waals surface area contributed by atoms with Gasteiger partial charge in [0.2, 0.25) is 5.78 Å². The van der Waals surface area contributed by atoms with Crippen molar-refractivity contribution in [2.45, 2.75) is 0 Å². The molecule has 6 heteroatoms. The van der Waals surface area contributed by atoms with Crippen molar-refractivity contribution in [3.05, 3.63) is 89.6 Å². The van der Waals surface area contributed by atoms with Crippen LogP contribution in [0.3, 0.4) is 0 Å². The number of hydrogen-bond acceptors (Lipinski definition) is 6. The van der Waals surface area contributed by atoms with Gasteiger partial charge in [-0.05, 0) is 23.8 Å². The van der Waals surface area contributed by atoms with E-state index in [0.717, 1.165) is 21.2 Å². The smallest absolute Gasteiger partial charge is 0.310 e. The van der Waals surface area contributed by atoms with E-state index in [-0.39, 0.29) is 17.5 Å². The van der Waals surface area contributed by atoms with Crippen LogP contribution in [0.5, 0.6) is 11.7 Å². The van der Waals surface area contributed by atoms with Crippen LogP contribution < -0.4 is 0 Å². The lowest BCUT2D eigenvalue weighted by Gasteiger charge is -2.06. The number of aromatic nitrogens is 1. The fourth-order valence-corrected chi connectivity index (χ4v) is 4.71. The second kappa shape index (κ2) is 7.17. The van der Waals surface area contributed by atoms with E-state index in [1.807, 2.05) is 48.5 Å². The zero-order valence-electron chi connectivity index (χ0n) is 15.6. The highest BCUT2D eigenvalue weighted by Gasteiger charge is 2.21. The van der Waals surface area contributed by atoms with E-state index in [1.54, 1.807) is 24.3 Å². The number of aromatic hydroxyl groups is 2. The number of ketones is 1. The number of thiophene rings is 1. The number of carbonyl (C=O) groups is 1. The molecule has 0 saturated heterocycles. The van der Waals surface area contributed by atoms with Gasteiger partial charge in [0.1, 0.15) is 5.75 Å². The van der Waals surface area contributed by atoms with Crippen molar-refractivity contribution in [3.8, 4) is 34.1 Å². The molecule has 146 valence electrons. The van der Waals surface area contributed by atoms with Gasteiger partial charge in [-0.15, -0.1) is 11.3 Å². The number of phenols is 1. The van der Waals surface area contributed by atoms with Gasteiger partial charge in [-0.3, -0.25) is 4.79 Å². The standard InChI is InChI=1S/C24H15NO4S/c26-17-10-11-18-19(12-17)30-23(22(27)16-4-2-1-3-5-16)20(18)14-6-8-15(9-7-14)21-24(28)29-13-25-21/h1-13,26,28H. The average molecular weight is 413 g/mol. The number of benzene rings is 3. The molecule has 3 aromatic carbocycles. The molecule has 5 nitrogen and oxygen atoms in total. The van der Waals surface area contributed by atoms with Crippen LogP contribution in [0.2, 0.25) is 0 Å². The van der Waals surface area contributed by atoms with Crippen LogP contribution in [0.15, 0.2) is 83.6 Å². The van der Waals surface area contributed by atoms with Crippen LogP contribution in [0.1, 0.15) is 15.2 Å². The molecule has 2 N–H and O–H groups in total. The molecule has 30 heavy (non-hydrogen) atoms. The molecule has 0 fully saturated rings. The van der Waals surface area contributed by atoms with Gasteiger partial charge in [-0.1, -0.05) is 54.6 Å². The normalized spacial score (nSPS) is 11.1. The Morgan fingerprint density at radius 2 is 1.63 bits per heavy atom. The highest BCUT2D eigenvalue weighted by molar-refractivity contribution is 7.21. The van der Waals surface area contributed by atoms with Crippen LogP contribution in [-0.4, -0.2) is 21.0 Å². The topological polar surface area (TPSA) is 83.6 Å². The van der Waals surface area contributed by atoms with Gasteiger partial charge in [0, 0.05) is 26.8 Å². The third kappa shape index (κ3) is 3.03. The predicted molar refractivity (Wildman–Crippen MR) is 116 cm³/mol. The number of oxazole rings is 1. The largest absolute Gasteiger partial charge is 0.508 e. The molecule has 0 bridgehead atoms. The first-order valence-corrected chi connectivity index (χ1v) is 10.0. The Morgan fingerprint density at radius 1 is 0.900 bits per heavy atom. The summed E-state index contributed by atoms with van der Waals surface area (Å²) in [5, 5.41) is 20.6. The molecule has 0 radical (unpaired) electrons. The molecule has 2 heterocycles. The maximum absolute atomic E-state index is 13.3. The summed E-state index contributed by atoms with van der Waals surface area (Å²) in [7, 11) is 0. The van der Waals surface area contributed by atoms with E-state index < -0.39 is 0 Å². The SMILES string of the molecule is O=C(c1ccccc1)c1sc2cc(O)ccc2c1-c1ccc(-c2ncoc2O)cc1. The van der Waals surface area contributed by atoms with Gasteiger partial charge in [0.15, 0.2) is 12.1 Å². The molecule has 5 rings (SSSR count). The van der Waals surface area contributed by atoms with Crippen LogP contribution in [0.25, 0.3) is 32.5 Å². The summed E-state index contributed by atoms with van der Waals surface area (Å²) in [4.78, 5) is 17.9. The second-order valence-electron chi connectivity index (χ2n) is 6.77. The van der Waals surface area contributed by atoms with Gasteiger partial charge < -0.3 is 14.6 Å². The quantitative estimate of drug-likeness (QED) is 0.360. The maximum atomic E-state index is 13.3. The minimum Gasteiger partial charge on any atom is -0.508 e. The number of rotatable bonds is 4. The third-order valence-corrected chi connectivity index (χ3v) is 6.06. The van der Waals surface area contributed by atoms with Crippen molar-refractivity contribution in [2.75, 3.05) is 0 Å². The molecular formula is C24H15NO4S. The number of carbonyl (C=O) groups excluding carboxylic acids is 1. The molecule has 0 amide bonds. The van der Waals surface area contributed by atoms with Crippen LogP contribution in [-0.2, 0) is 0 Å². The first kappa shape index (κ1) is 18.1. The van der Waals surface area contributed by atoms with Gasteiger partial charge in [0.25, 0.3) is 0 Å². The minimum absolute atomic E-state index is 0.0653. The predicted octanol–water partition coefficient (Wildman–Crippen LogP) is 5.87. The molecule has 0 unspecified atom stereocenters. The zero-order chi connectivity index (χ0) is 20.7. The first-order chi connectivity index (χ1) is 14.6. The summed E-state index contributed by atoms with van der Waals surface area (Å²) in [6, 6.07) is 21.7. The summed E-state index contributed by atoms with van der Waals surface area (Å²) < 4.78 is 5.70. The molecule has 0 atom stereocenters. The third-order valence-electron chi connectivity index (χ3n) is 4.91. The van der Waals surface area contributed by atoms with Crippen molar-refractivity contribution in [2.24, 2.45) is 0 Å². The van der Waals surface area contributed by atoms with E-state index in [9.17, 15) is 15.0 Å². The highest BCUT2D eigenvalue weighted by Crippen LogP contribution is 2.42. The Kier molecular flexibility index (Phi) is 4.34. The van der Waals surface area contributed by atoms with Crippen LogP contribution >= 0.6 is 11.3 Å². The summed E-state index contributed by atoms with van der Waals surface area (Å²) >= 11 is 1.36. The Balaban J connectivity index is 1.68. The van der Waals surface area contributed by atoms with Crippen LogP contribution in [0.4, 0.5) is 0 Å². The average Bonchev–Trinajstić information content (AvgIpc) is 3.37. The van der Waals surface area contributed by atoms with Gasteiger partial charge >= 0.3 is 5.95 Å². The van der Waals surface area contributed by atoms with Crippen molar-refractivity contribution >= 4 is 27.2 Å². The van der Waals surface area contributed by atoms with Crippen molar-refractivity contribution in [3.63, 3.8) is 0 Å². The summed E-state index contributed by atoms with van der Waals surface area (Å²) in [5.74, 6) is -0.144. The number of fused-ring (bicyclic) bond motifs is 1. The second-order valence-corrected chi connectivity index (χ2v) is 7.82. The minimum atomic E-state index is -0.237. The number of nitrogens with zero attached hydrogens (tertiary/aromatic N) is 1. The van der Waals surface area contributed by atoms with E-state index in [0.29, 0.717) is 21.7 Å². The van der Waals surface area contributed by atoms with Crippen molar-refractivity contribution in [1.82, 2.24) is 4.98 Å². The van der Waals surface area contributed by atoms with Gasteiger partial charge in [0.05, 0.1) is 4.88 Å². The Hall–Kier alpha value is -3.90. The molecule has 0 aliphatic rings. The summed E-state index contributed by atoms with van der Waals surface area (Å²) in [6.07, 6.45) is 1.19. The Labute approximate surface area is 175 Å². The van der Waals surface area contributed by atoms with Crippen LogP contribution in [0, 0.1) is 0 Å². The van der Waals surface area contributed by atoms with E-state index in [4.69, 9.17) is 4.42 Å². The molecule has 0 aliphatic carbocycles. The molecule has 0 aliphatic heterocycles. The lowest BCUT2D eigenvalue weighted by Crippen LogP contribution is -2.00. The fourth-order valence-electron chi connectivity index (χ4n) is 3.49. The number of hydrogen-bond donors (Lipinski definition) is 2. The Bertz CT molecular complexity index is 1370. The molecule has 2 aromatic heterocycles. The molecular weight excluding hydrogens is 398 g/mol. The Morgan fingerprint density at radius 3 is 2.33 bits per heavy atom. The van der Waals surface area contributed by atoms with E-state index in [1.165, 1.54) is 17.7 Å². The molecule has 0 saturated carbocycles. The summed E-state index contributed by atoms with van der Waals surface area (Å²) in [5.41, 5.74) is 3.36. The highest BCUT2D eigenvalue weighted by atomic mass is 32.1. The monoisotopic (exact) mass is 413 g/mol. The molecule has 5 aromatic rings. The fraction of sp³-hybridized carbons (Fsp3) is 0. The first-order valence-electron chi connectivity index (χ1n) is 9.20. The summed E-state index contributed by atoms with van der Waals surface area (Å²) in [6.45, 7) is 0. The number of phenolic OH excluding ortho intramolecular Hbond substituents is 1. The lowest BCUT2D eigenvalue weighted by molar-refractivity contribution is 0.104. The maximum Gasteiger partial charge on any atom is 0.310 e.